The number of carbonyl (C=O) groups excluding carboxylic acids is 4. The SMILES string of the molecule is CC[C@H]1OC(=O)C2=CCN(C2)C(=O)c2coc(n2)CC(F)C[C@H](OC(=O)c2ccc(CSCC(=O)O)cc2)/C=C(C)/C=C/CNC(=O)CC[C@H]1C. The Balaban J connectivity index is 1.50. The molecule has 14 heteroatoms. The molecule has 0 radical (unpaired) electrons. The Kier molecular flexibility index (Phi) is 14.6. The third-order valence-corrected chi connectivity index (χ3v) is 9.42. The second kappa shape index (κ2) is 19.0. The molecule has 2 aromatic rings. The maximum absolute atomic E-state index is 15.5. The molecular weight excluding hydrogens is 681 g/mol. The Labute approximate surface area is 300 Å². The van der Waals surface area contributed by atoms with Crippen molar-refractivity contribution in [2.45, 2.75) is 77.0 Å². The largest absolute Gasteiger partial charge is 0.481 e. The Hall–Kier alpha value is -4.72. The van der Waals surface area contributed by atoms with E-state index in [1.54, 1.807) is 55.5 Å². The summed E-state index contributed by atoms with van der Waals surface area (Å²) in [6, 6.07) is 6.55. The molecule has 0 saturated carbocycles. The van der Waals surface area contributed by atoms with Crippen LogP contribution in [0.3, 0.4) is 0 Å². The predicted octanol–water partition coefficient (Wildman–Crippen LogP) is 5.24. The number of nitrogens with zero attached hydrogens (tertiary/aromatic N) is 2. The molecular formula is C37H44FN3O9S. The first-order valence-corrected chi connectivity index (χ1v) is 18.1. The molecule has 2 aliphatic rings. The third-order valence-electron chi connectivity index (χ3n) is 8.43. The van der Waals surface area contributed by atoms with Crippen LogP contribution in [0.2, 0.25) is 0 Å². The number of ether oxygens (including phenoxy) is 2. The smallest absolute Gasteiger partial charge is 0.338 e. The Bertz CT molecular complexity index is 1650. The lowest BCUT2D eigenvalue weighted by Crippen LogP contribution is -2.32. The molecule has 2 N–H and O–H groups in total. The van der Waals surface area contributed by atoms with Gasteiger partial charge in [-0.25, -0.2) is 19.0 Å². The van der Waals surface area contributed by atoms with Crippen LogP contribution in [0, 0.1) is 5.92 Å². The lowest BCUT2D eigenvalue weighted by atomic mass is 9.96. The number of fused-ring (bicyclic) bond motifs is 4. The number of carboxylic acids is 1. The standard InChI is InChI=1S/C37H44FN3O9S/c1-4-31-24(3)7-12-32(42)39-14-5-6-23(2)16-29(49-36(46)26-10-8-25(9-11-26)21-51-22-34(43)44)17-28(38)18-33-40-30(20-48-33)35(45)41-15-13-27(19-41)37(47)50-31/h5-6,8-11,13,16,20,24,28-29,31H,4,7,12,14-15,17-19,21-22H2,1-3H3,(H,39,42)(H,43,44)/b6-5+,23-16+/t24-,28?,29-,31-/m1/s1. The van der Waals surface area contributed by atoms with E-state index in [2.05, 4.69) is 10.3 Å². The fraction of sp³-hybridized carbons (Fsp3) is 0.459. The van der Waals surface area contributed by atoms with Gasteiger partial charge in [0.25, 0.3) is 5.91 Å². The molecule has 2 amide bonds. The van der Waals surface area contributed by atoms with Crippen LogP contribution in [0.5, 0.6) is 0 Å². The summed E-state index contributed by atoms with van der Waals surface area (Å²) >= 11 is 1.23. The molecule has 1 unspecified atom stereocenters. The number of oxazole rings is 1. The summed E-state index contributed by atoms with van der Waals surface area (Å²) in [6.45, 7) is 6.04. The van der Waals surface area contributed by atoms with Gasteiger partial charge < -0.3 is 29.2 Å². The Morgan fingerprint density at radius 3 is 2.69 bits per heavy atom. The van der Waals surface area contributed by atoms with Crippen LogP contribution in [0.1, 0.15) is 78.8 Å². The van der Waals surface area contributed by atoms with Gasteiger partial charge >= 0.3 is 17.9 Å². The third kappa shape index (κ3) is 12.2. The van der Waals surface area contributed by atoms with Crippen molar-refractivity contribution in [3.8, 4) is 0 Å². The molecule has 51 heavy (non-hydrogen) atoms. The monoisotopic (exact) mass is 725 g/mol. The van der Waals surface area contributed by atoms with Crippen LogP contribution in [0.4, 0.5) is 4.39 Å². The van der Waals surface area contributed by atoms with E-state index in [1.807, 2.05) is 13.8 Å². The number of halogens is 1. The number of esters is 2. The van der Waals surface area contributed by atoms with Gasteiger partial charge in [0.1, 0.15) is 24.6 Å². The summed E-state index contributed by atoms with van der Waals surface area (Å²) in [5.74, 6) is -2.42. The van der Waals surface area contributed by atoms with Gasteiger partial charge in [-0.05, 0) is 49.5 Å². The number of benzene rings is 1. The zero-order valence-corrected chi connectivity index (χ0v) is 29.8. The van der Waals surface area contributed by atoms with Gasteiger partial charge in [0, 0.05) is 31.7 Å². The number of hydrogen-bond acceptors (Lipinski definition) is 10. The maximum atomic E-state index is 15.5. The van der Waals surface area contributed by atoms with E-state index in [0.717, 1.165) is 11.8 Å². The average Bonchev–Trinajstić information content (AvgIpc) is 3.78. The molecule has 4 rings (SSSR count). The molecule has 4 bridgehead atoms. The highest BCUT2D eigenvalue weighted by Gasteiger charge is 2.30. The topological polar surface area (TPSA) is 165 Å². The number of carboxylic acid groups (broad SMARTS) is 1. The number of hydrogen-bond donors (Lipinski definition) is 2. The average molecular weight is 726 g/mol. The first-order chi connectivity index (χ1) is 24.4. The number of rotatable bonds is 7. The second-order valence-electron chi connectivity index (χ2n) is 12.6. The normalized spacial score (nSPS) is 24.3. The minimum Gasteiger partial charge on any atom is -0.481 e. The Morgan fingerprint density at radius 1 is 1.20 bits per heavy atom. The molecule has 4 atom stereocenters. The number of aliphatic carboxylic acids is 1. The number of aromatic nitrogens is 1. The van der Waals surface area contributed by atoms with Gasteiger partial charge in [0.15, 0.2) is 11.6 Å². The molecule has 12 nitrogen and oxygen atoms in total. The van der Waals surface area contributed by atoms with E-state index in [9.17, 15) is 24.0 Å². The van der Waals surface area contributed by atoms with E-state index in [4.69, 9.17) is 19.0 Å². The summed E-state index contributed by atoms with van der Waals surface area (Å²) in [4.78, 5) is 68.2. The van der Waals surface area contributed by atoms with E-state index in [0.29, 0.717) is 29.7 Å². The molecule has 2 aliphatic heterocycles. The molecule has 1 aromatic carbocycles. The van der Waals surface area contributed by atoms with E-state index >= 15 is 4.39 Å². The van der Waals surface area contributed by atoms with Gasteiger partial charge in [-0.2, -0.15) is 0 Å². The highest BCUT2D eigenvalue weighted by atomic mass is 32.2. The van der Waals surface area contributed by atoms with E-state index in [1.165, 1.54) is 16.7 Å². The maximum Gasteiger partial charge on any atom is 0.338 e. The van der Waals surface area contributed by atoms with Crippen molar-refractivity contribution < 1.29 is 47.4 Å². The molecule has 0 spiro atoms. The number of alkyl halides is 1. The molecule has 0 aliphatic carbocycles. The van der Waals surface area contributed by atoms with Crippen molar-refractivity contribution in [2.75, 3.05) is 25.4 Å². The first-order valence-electron chi connectivity index (χ1n) is 16.9. The van der Waals surface area contributed by atoms with E-state index < -0.39 is 42.2 Å². The predicted molar refractivity (Wildman–Crippen MR) is 188 cm³/mol. The summed E-state index contributed by atoms with van der Waals surface area (Å²) in [5, 5.41) is 11.7. The Morgan fingerprint density at radius 2 is 1.96 bits per heavy atom. The molecule has 274 valence electrons. The highest BCUT2D eigenvalue weighted by Crippen LogP contribution is 2.23. The van der Waals surface area contributed by atoms with Crippen LogP contribution in [0.25, 0.3) is 0 Å². The number of nitrogens with one attached hydrogen (secondary N) is 1. The fourth-order valence-corrected chi connectivity index (χ4v) is 6.32. The minimum atomic E-state index is -1.57. The summed E-state index contributed by atoms with van der Waals surface area (Å²) in [7, 11) is 0. The number of allylic oxidation sites excluding steroid dienone is 2. The lowest BCUT2D eigenvalue weighted by molar-refractivity contribution is -0.147. The number of carbonyl (C=O) groups is 5. The zero-order valence-electron chi connectivity index (χ0n) is 29.0. The quantitative estimate of drug-likeness (QED) is 0.359. The molecule has 1 aromatic heterocycles. The number of amides is 2. The second-order valence-corrected chi connectivity index (χ2v) is 13.6. The van der Waals surface area contributed by atoms with Gasteiger partial charge in [-0.1, -0.05) is 49.8 Å². The van der Waals surface area contributed by atoms with Crippen molar-refractivity contribution in [3.63, 3.8) is 0 Å². The summed E-state index contributed by atoms with van der Waals surface area (Å²) in [5.41, 5.74) is 2.06. The van der Waals surface area contributed by atoms with Gasteiger partial charge in [0.2, 0.25) is 5.91 Å². The van der Waals surface area contributed by atoms with Crippen molar-refractivity contribution in [3.05, 3.63) is 88.7 Å². The van der Waals surface area contributed by atoms with Crippen LogP contribution in [-0.4, -0.2) is 88.5 Å². The minimum absolute atomic E-state index is 0.00959. The molecule has 0 saturated heterocycles. The first kappa shape index (κ1) is 39.1. The lowest BCUT2D eigenvalue weighted by Gasteiger charge is -2.23. The fourth-order valence-electron chi connectivity index (χ4n) is 5.61. The molecule has 3 heterocycles. The van der Waals surface area contributed by atoms with Crippen LogP contribution in [-0.2, 0) is 36.0 Å². The molecule has 0 fully saturated rings. The van der Waals surface area contributed by atoms with Crippen molar-refractivity contribution in [1.82, 2.24) is 15.2 Å². The van der Waals surface area contributed by atoms with E-state index in [-0.39, 0.29) is 73.6 Å². The van der Waals surface area contributed by atoms with Crippen molar-refractivity contribution in [1.29, 1.82) is 0 Å². The number of thioether (sulfide) groups is 1. The van der Waals surface area contributed by atoms with Gasteiger partial charge in [0.05, 0.1) is 29.9 Å². The zero-order chi connectivity index (χ0) is 36.9. The summed E-state index contributed by atoms with van der Waals surface area (Å²) < 4.78 is 32.5. The summed E-state index contributed by atoms with van der Waals surface area (Å²) in [6.07, 6.45) is 5.69. The highest BCUT2D eigenvalue weighted by molar-refractivity contribution is 7.99. The van der Waals surface area contributed by atoms with Crippen LogP contribution in [0.15, 0.2) is 70.4 Å². The van der Waals surface area contributed by atoms with Gasteiger partial charge in [-0.3, -0.25) is 14.4 Å². The van der Waals surface area contributed by atoms with Crippen LogP contribution < -0.4 is 5.32 Å². The van der Waals surface area contributed by atoms with Crippen LogP contribution >= 0.6 is 11.8 Å². The van der Waals surface area contributed by atoms with Crippen molar-refractivity contribution >= 4 is 41.5 Å². The van der Waals surface area contributed by atoms with Crippen molar-refractivity contribution in [2.24, 2.45) is 5.92 Å². The van der Waals surface area contributed by atoms with Gasteiger partial charge in [-0.15, -0.1) is 11.8 Å². The number of cyclic esters (lactones) is 1.